The van der Waals surface area contributed by atoms with Crippen LogP contribution in [0.15, 0.2) is 16.7 Å². The van der Waals surface area contributed by atoms with Crippen molar-refractivity contribution in [2.24, 2.45) is 0 Å². The zero-order valence-corrected chi connectivity index (χ0v) is 11.0. The quantitative estimate of drug-likeness (QED) is 0.836. The van der Waals surface area contributed by atoms with E-state index in [4.69, 9.17) is 9.15 Å². The van der Waals surface area contributed by atoms with Crippen molar-refractivity contribution in [3.63, 3.8) is 0 Å². The molecule has 0 aliphatic carbocycles. The first kappa shape index (κ1) is 13.3. The van der Waals surface area contributed by atoms with E-state index in [1.54, 1.807) is 6.26 Å². The molecule has 0 amide bonds. The molecule has 92 valence electrons. The number of hydrogen-bond acceptors (Lipinski definition) is 3. The molecule has 16 heavy (non-hydrogen) atoms. The van der Waals surface area contributed by atoms with Crippen LogP contribution in [0.25, 0.3) is 0 Å². The van der Waals surface area contributed by atoms with Gasteiger partial charge >= 0.3 is 0 Å². The fourth-order valence-electron chi connectivity index (χ4n) is 1.21. The predicted octanol–water partition coefficient (Wildman–Crippen LogP) is 3.09. The summed E-state index contributed by atoms with van der Waals surface area (Å²) in [4.78, 5) is 0. The number of ether oxygens (including phenoxy) is 1. The highest BCUT2D eigenvalue weighted by molar-refractivity contribution is 5.12. The molecule has 0 fully saturated rings. The molecule has 1 heterocycles. The first-order valence-electron chi connectivity index (χ1n) is 5.80. The van der Waals surface area contributed by atoms with Crippen LogP contribution in [0.2, 0.25) is 0 Å². The summed E-state index contributed by atoms with van der Waals surface area (Å²) in [5, 5.41) is 3.42. The van der Waals surface area contributed by atoms with Gasteiger partial charge in [0, 0.05) is 17.6 Å². The fraction of sp³-hybridized carbons (Fsp3) is 0.692. The van der Waals surface area contributed by atoms with Crippen molar-refractivity contribution in [1.82, 2.24) is 5.32 Å². The van der Waals surface area contributed by atoms with Crippen LogP contribution in [0.5, 0.6) is 0 Å². The molecule has 0 atom stereocenters. The molecule has 1 aromatic rings. The van der Waals surface area contributed by atoms with Gasteiger partial charge in [-0.25, -0.2) is 0 Å². The SMILES string of the molecule is CC(C)OCc1cc(CNC(C)(C)C)co1. The third-order valence-corrected chi connectivity index (χ3v) is 2.09. The van der Waals surface area contributed by atoms with Crippen molar-refractivity contribution in [3.05, 3.63) is 23.7 Å². The van der Waals surface area contributed by atoms with Crippen molar-refractivity contribution in [3.8, 4) is 0 Å². The molecule has 0 saturated heterocycles. The van der Waals surface area contributed by atoms with Gasteiger partial charge in [-0.05, 0) is 40.7 Å². The molecule has 0 aliphatic rings. The van der Waals surface area contributed by atoms with Crippen LogP contribution in [-0.4, -0.2) is 11.6 Å². The highest BCUT2D eigenvalue weighted by Crippen LogP contribution is 2.11. The number of nitrogens with one attached hydrogen (secondary N) is 1. The van der Waals surface area contributed by atoms with Gasteiger partial charge in [0.25, 0.3) is 0 Å². The number of furan rings is 1. The highest BCUT2D eigenvalue weighted by Gasteiger charge is 2.10. The minimum atomic E-state index is 0.131. The minimum absolute atomic E-state index is 0.131. The van der Waals surface area contributed by atoms with Gasteiger partial charge < -0.3 is 14.5 Å². The van der Waals surface area contributed by atoms with Crippen LogP contribution >= 0.6 is 0 Å². The van der Waals surface area contributed by atoms with Crippen molar-refractivity contribution in [2.45, 2.75) is 59.4 Å². The summed E-state index contributed by atoms with van der Waals surface area (Å²) in [5.74, 6) is 0.888. The van der Waals surface area contributed by atoms with Crippen LogP contribution in [-0.2, 0) is 17.9 Å². The Labute approximate surface area is 98.2 Å². The number of hydrogen-bond donors (Lipinski definition) is 1. The monoisotopic (exact) mass is 225 g/mol. The van der Waals surface area contributed by atoms with E-state index in [0.29, 0.717) is 6.61 Å². The standard InChI is InChI=1S/C13H23NO2/c1-10(2)15-9-12-6-11(8-16-12)7-14-13(3,4)5/h6,8,10,14H,7,9H2,1-5H3. The third-order valence-electron chi connectivity index (χ3n) is 2.09. The third kappa shape index (κ3) is 5.33. The Hall–Kier alpha value is -0.800. The summed E-state index contributed by atoms with van der Waals surface area (Å²) < 4.78 is 10.9. The van der Waals surface area contributed by atoms with E-state index in [1.807, 2.05) is 19.9 Å². The molecule has 1 rings (SSSR count). The minimum Gasteiger partial charge on any atom is -0.467 e. The summed E-state index contributed by atoms with van der Waals surface area (Å²) in [6.07, 6.45) is 2.03. The van der Waals surface area contributed by atoms with E-state index in [1.165, 1.54) is 0 Å². The Morgan fingerprint density at radius 2 is 2.06 bits per heavy atom. The van der Waals surface area contributed by atoms with Gasteiger partial charge in [-0.3, -0.25) is 0 Å². The average molecular weight is 225 g/mol. The van der Waals surface area contributed by atoms with E-state index in [2.05, 4.69) is 26.1 Å². The maximum Gasteiger partial charge on any atom is 0.129 e. The predicted molar refractivity (Wildman–Crippen MR) is 65.2 cm³/mol. The van der Waals surface area contributed by atoms with Gasteiger partial charge in [-0.15, -0.1) is 0 Å². The van der Waals surface area contributed by atoms with Gasteiger partial charge in [-0.2, -0.15) is 0 Å². The summed E-state index contributed by atoms with van der Waals surface area (Å²) >= 11 is 0. The lowest BCUT2D eigenvalue weighted by Gasteiger charge is -2.19. The van der Waals surface area contributed by atoms with Crippen LogP contribution in [0, 0.1) is 0 Å². The van der Waals surface area contributed by atoms with Crippen molar-refractivity contribution < 1.29 is 9.15 Å². The first-order valence-corrected chi connectivity index (χ1v) is 5.80. The van der Waals surface area contributed by atoms with Crippen molar-refractivity contribution in [2.75, 3.05) is 0 Å². The molecule has 0 aromatic carbocycles. The fourth-order valence-corrected chi connectivity index (χ4v) is 1.21. The molecule has 1 aromatic heterocycles. The summed E-state index contributed by atoms with van der Waals surface area (Å²) in [6, 6.07) is 2.04. The van der Waals surface area contributed by atoms with E-state index in [-0.39, 0.29) is 11.6 Å². The van der Waals surface area contributed by atoms with Crippen LogP contribution in [0.4, 0.5) is 0 Å². The van der Waals surface area contributed by atoms with Crippen LogP contribution in [0.1, 0.15) is 45.9 Å². The van der Waals surface area contributed by atoms with Crippen molar-refractivity contribution in [1.29, 1.82) is 0 Å². The molecule has 0 unspecified atom stereocenters. The second-order valence-electron chi connectivity index (χ2n) is 5.38. The largest absolute Gasteiger partial charge is 0.467 e. The molecule has 3 nitrogen and oxygen atoms in total. The van der Waals surface area contributed by atoms with Crippen LogP contribution in [0.3, 0.4) is 0 Å². The van der Waals surface area contributed by atoms with Gasteiger partial charge in [0.1, 0.15) is 12.4 Å². The molecular formula is C13H23NO2. The topological polar surface area (TPSA) is 34.4 Å². The molecular weight excluding hydrogens is 202 g/mol. The Morgan fingerprint density at radius 1 is 1.38 bits per heavy atom. The van der Waals surface area contributed by atoms with E-state index in [9.17, 15) is 0 Å². The lowest BCUT2D eigenvalue weighted by molar-refractivity contribution is 0.0545. The Bertz CT molecular complexity index is 310. The smallest absolute Gasteiger partial charge is 0.129 e. The molecule has 1 N–H and O–H groups in total. The van der Waals surface area contributed by atoms with Crippen molar-refractivity contribution >= 4 is 0 Å². The molecule has 0 bridgehead atoms. The number of rotatable bonds is 5. The first-order chi connectivity index (χ1) is 7.37. The Balaban J connectivity index is 2.39. The van der Waals surface area contributed by atoms with E-state index >= 15 is 0 Å². The van der Waals surface area contributed by atoms with Gasteiger partial charge in [0.05, 0.1) is 12.4 Å². The second-order valence-corrected chi connectivity index (χ2v) is 5.38. The molecule has 0 spiro atoms. The van der Waals surface area contributed by atoms with Crippen LogP contribution < -0.4 is 5.32 Å². The Kier molecular flexibility index (Phi) is 4.56. The maximum absolute atomic E-state index is 5.47. The summed E-state index contributed by atoms with van der Waals surface area (Å²) in [7, 11) is 0. The van der Waals surface area contributed by atoms with Gasteiger partial charge in [0.2, 0.25) is 0 Å². The lowest BCUT2D eigenvalue weighted by Crippen LogP contribution is -2.34. The zero-order chi connectivity index (χ0) is 12.2. The summed E-state index contributed by atoms with van der Waals surface area (Å²) in [5.41, 5.74) is 1.29. The Morgan fingerprint density at radius 3 is 2.62 bits per heavy atom. The lowest BCUT2D eigenvalue weighted by atomic mass is 10.1. The molecule has 0 radical (unpaired) electrons. The van der Waals surface area contributed by atoms with Gasteiger partial charge in [-0.1, -0.05) is 0 Å². The second kappa shape index (κ2) is 5.51. The molecule has 0 saturated carbocycles. The highest BCUT2D eigenvalue weighted by atomic mass is 16.5. The van der Waals surface area contributed by atoms with Gasteiger partial charge in [0.15, 0.2) is 0 Å². The zero-order valence-electron chi connectivity index (χ0n) is 11.0. The molecule has 3 heteroatoms. The molecule has 0 aliphatic heterocycles. The van der Waals surface area contributed by atoms with E-state index in [0.717, 1.165) is 17.9 Å². The normalized spacial score (nSPS) is 12.4. The average Bonchev–Trinajstić information content (AvgIpc) is 2.58. The summed E-state index contributed by atoms with van der Waals surface area (Å²) in [6.45, 7) is 11.9. The maximum atomic E-state index is 5.47. The van der Waals surface area contributed by atoms with E-state index < -0.39 is 0 Å².